The highest BCUT2D eigenvalue weighted by Gasteiger charge is 2.38. The molecule has 0 heterocycles. The normalized spacial score (nSPS) is 20.6. The van der Waals surface area contributed by atoms with Crippen molar-refractivity contribution in [3.63, 3.8) is 0 Å². The van der Waals surface area contributed by atoms with E-state index in [1.807, 2.05) is 24.3 Å². The molecule has 19 heavy (non-hydrogen) atoms. The van der Waals surface area contributed by atoms with Crippen LogP contribution in [-0.4, -0.2) is 18.8 Å². The summed E-state index contributed by atoms with van der Waals surface area (Å²) in [5.41, 5.74) is 6.72. The maximum atomic E-state index is 10.9. The molecule has 1 aromatic carbocycles. The molecular weight excluding hydrogens is 238 g/mol. The number of rotatable bonds is 4. The van der Waals surface area contributed by atoms with E-state index in [2.05, 4.69) is 0 Å². The Balaban J connectivity index is 2.31. The predicted octanol–water partition coefficient (Wildman–Crippen LogP) is 3.03. The van der Waals surface area contributed by atoms with E-state index in [9.17, 15) is 5.11 Å². The minimum Gasteiger partial charge on any atom is -0.496 e. The third kappa shape index (κ3) is 2.93. The third-order valence-electron chi connectivity index (χ3n) is 4.52. The van der Waals surface area contributed by atoms with Crippen LogP contribution in [-0.2, 0) is 0 Å². The zero-order valence-electron chi connectivity index (χ0n) is 11.8. The van der Waals surface area contributed by atoms with Crippen LogP contribution in [0, 0.1) is 5.41 Å². The number of benzene rings is 1. The van der Waals surface area contributed by atoms with Crippen LogP contribution in [0.2, 0.25) is 0 Å². The van der Waals surface area contributed by atoms with Crippen molar-refractivity contribution in [1.29, 1.82) is 0 Å². The summed E-state index contributed by atoms with van der Waals surface area (Å²) in [6, 6.07) is 7.73. The Morgan fingerprint density at radius 1 is 1.21 bits per heavy atom. The topological polar surface area (TPSA) is 55.5 Å². The molecule has 0 amide bonds. The summed E-state index contributed by atoms with van der Waals surface area (Å²) in [5.74, 6) is 0.757. The van der Waals surface area contributed by atoms with Gasteiger partial charge in [0.25, 0.3) is 0 Å². The average molecular weight is 263 g/mol. The summed E-state index contributed by atoms with van der Waals surface area (Å²) in [5, 5.41) is 10.9. The summed E-state index contributed by atoms with van der Waals surface area (Å²) in [4.78, 5) is 0. The van der Waals surface area contributed by atoms with Crippen molar-refractivity contribution in [3.05, 3.63) is 29.8 Å². The van der Waals surface area contributed by atoms with Crippen molar-refractivity contribution >= 4 is 0 Å². The summed E-state index contributed by atoms with van der Waals surface area (Å²) < 4.78 is 5.38. The predicted molar refractivity (Wildman–Crippen MR) is 77.1 cm³/mol. The van der Waals surface area contributed by atoms with E-state index in [0.29, 0.717) is 6.54 Å². The first-order valence-corrected chi connectivity index (χ1v) is 7.24. The Hall–Kier alpha value is -1.06. The molecule has 0 bridgehead atoms. The summed E-state index contributed by atoms with van der Waals surface area (Å²) >= 11 is 0. The molecule has 3 heteroatoms. The second-order valence-corrected chi connectivity index (χ2v) is 5.63. The molecule has 0 aromatic heterocycles. The van der Waals surface area contributed by atoms with Gasteiger partial charge in [-0.15, -0.1) is 0 Å². The molecule has 1 saturated carbocycles. The van der Waals surface area contributed by atoms with E-state index < -0.39 is 6.10 Å². The van der Waals surface area contributed by atoms with E-state index in [-0.39, 0.29) is 5.41 Å². The zero-order chi connectivity index (χ0) is 13.7. The molecule has 0 aliphatic heterocycles. The highest BCUT2D eigenvalue weighted by Crippen LogP contribution is 2.46. The number of methoxy groups -OCH3 is 1. The molecule has 1 unspecified atom stereocenters. The minimum absolute atomic E-state index is 0.189. The van der Waals surface area contributed by atoms with Gasteiger partial charge in [-0.2, -0.15) is 0 Å². The molecule has 0 saturated heterocycles. The molecule has 1 aliphatic rings. The van der Waals surface area contributed by atoms with E-state index in [1.165, 1.54) is 12.8 Å². The first-order valence-electron chi connectivity index (χ1n) is 7.24. The molecule has 2 rings (SSSR count). The maximum Gasteiger partial charge on any atom is 0.124 e. The highest BCUT2D eigenvalue weighted by molar-refractivity contribution is 5.36. The van der Waals surface area contributed by atoms with Gasteiger partial charge in [-0.1, -0.05) is 43.9 Å². The molecule has 3 nitrogen and oxygen atoms in total. The van der Waals surface area contributed by atoms with E-state index in [0.717, 1.165) is 37.0 Å². The second-order valence-electron chi connectivity index (χ2n) is 5.63. The number of ether oxygens (including phenoxy) is 1. The summed E-state index contributed by atoms with van der Waals surface area (Å²) in [7, 11) is 1.65. The molecule has 1 atom stereocenters. The Morgan fingerprint density at radius 3 is 2.42 bits per heavy atom. The van der Waals surface area contributed by atoms with Gasteiger partial charge in [-0.3, -0.25) is 0 Å². The van der Waals surface area contributed by atoms with Crippen LogP contribution in [0.5, 0.6) is 5.75 Å². The number of hydrogen-bond donors (Lipinski definition) is 2. The minimum atomic E-state index is -0.535. The van der Waals surface area contributed by atoms with Gasteiger partial charge in [-0.25, -0.2) is 0 Å². The highest BCUT2D eigenvalue weighted by atomic mass is 16.5. The van der Waals surface area contributed by atoms with Crippen LogP contribution in [0.1, 0.15) is 50.2 Å². The lowest BCUT2D eigenvalue weighted by molar-refractivity contribution is 0.0150. The number of para-hydroxylation sites is 1. The lowest BCUT2D eigenvalue weighted by Crippen LogP contribution is -2.36. The van der Waals surface area contributed by atoms with Crippen molar-refractivity contribution in [3.8, 4) is 5.75 Å². The fraction of sp³-hybridized carbons (Fsp3) is 0.625. The molecule has 106 valence electrons. The van der Waals surface area contributed by atoms with Crippen molar-refractivity contribution < 1.29 is 9.84 Å². The SMILES string of the molecule is COc1ccccc1C(O)C1(CN)CCCCCC1. The maximum absolute atomic E-state index is 10.9. The van der Waals surface area contributed by atoms with Gasteiger partial charge >= 0.3 is 0 Å². The quantitative estimate of drug-likeness (QED) is 0.821. The van der Waals surface area contributed by atoms with Crippen LogP contribution < -0.4 is 10.5 Å². The van der Waals surface area contributed by atoms with Gasteiger partial charge in [0.2, 0.25) is 0 Å². The standard InChI is InChI=1S/C16H25NO2/c1-19-14-9-5-4-8-13(14)15(18)16(12-17)10-6-2-3-7-11-16/h4-5,8-9,15,18H,2-3,6-7,10-12,17H2,1H3. The molecular formula is C16H25NO2. The summed E-state index contributed by atoms with van der Waals surface area (Å²) in [6.45, 7) is 0.534. The molecule has 1 fully saturated rings. The number of aliphatic hydroxyl groups is 1. The van der Waals surface area contributed by atoms with Gasteiger partial charge in [0, 0.05) is 17.5 Å². The first kappa shape index (κ1) is 14.4. The number of hydrogen-bond acceptors (Lipinski definition) is 3. The van der Waals surface area contributed by atoms with Gasteiger partial charge in [0.15, 0.2) is 0 Å². The van der Waals surface area contributed by atoms with Gasteiger partial charge < -0.3 is 15.6 Å². The Morgan fingerprint density at radius 2 is 1.84 bits per heavy atom. The van der Waals surface area contributed by atoms with Crippen molar-refractivity contribution in [1.82, 2.24) is 0 Å². The van der Waals surface area contributed by atoms with Crippen molar-refractivity contribution in [2.75, 3.05) is 13.7 Å². The Bertz CT molecular complexity index is 397. The van der Waals surface area contributed by atoms with Gasteiger partial charge in [-0.05, 0) is 18.9 Å². The van der Waals surface area contributed by atoms with Crippen LogP contribution in [0.3, 0.4) is 0 Å². The van der Waals surface area contributed by atoms with Crippen molar-refractivity contribution in [2.45, 2.75) is 44.6 Å². The molecule has 0 spiro atoms. The fourth-order valence-electron chi connectivity index (χ4n) is 3.24. The number of nitrogens with two attached hydrogens (primary N) is 1. The van der Waals surface area contributed by atoms with Gasteiger partial charge in [0.1, 0.15) is 5.75 Å². The molecule has 1 aliphatic carbocycles. The Labute approximate surface area is 115 Å². The van der Waals surface area contributed by atoms with E-state index >= 15 is 0 Å². The van der Waals surface area contributed by atoms with Crippen LogP contribution in [0.4, 0.5) is 0 Å². The summed E-state index contributed by atoms with van der Waals surface area (Å²) in [6.07, 6.45) is 6.28. The van der Waals surface area contributed by atoms with Gasteiger partial charge in [0.05, 0.1) is 13.2 Å². The average Bonchev–Trinajstić information content (AvgIpc) is 2.72. The molecule has 1 aromatic rings. The fourth-order valence-corrected chi connectivity index (χ4v) is 3.24. The van der Waals surface area contributed by atoms with Crippen LogP contribution in [0.15, 0.2) is 24.3 Å². The van der Waals surface area contributed by atoms with Crippen LogP contribution in [0.25, 0.3) is 0 Å². The smallest absolute Gasteiger partial charge is 0.124 e. The van der Waals surface area contributed by atoms with Crippen LogP contribution >= 0.6 is 0 Å². The zero-order valence-corrected chi connectivity index (χ0v) is 11.8. The molecule has 0 radical (unpaired) electrons. The first-order chi connectivity index (χ1) is 9.23. The lowest BCUT2D eigenvalue weighted by atomic mass is 9.73. The lowest BCUT2D eigenvalue weighted by Gasteiger charge is -2.37. The van der Waals surface area contributed by atoms with E-state index in [4.69, 9.17) is 10.5 Å². The largest absolute Gasteiger partial charge is 0.496 e. The monoisotopic (exact) mass is 263 g/mol. The molecule has 3 N–H and O–H groups in total. The Kier molecular flexibility index (Phi) is 4.83. The van der Waals surface area contributed by atoms with E-state index in [1.54, 1.807) is 7.11 Å². The number of aliphatic hydroxyl groups excluding tert-OH is 1. The van der Waals surface area contributed by atoms with Crippen molar-refractivity contribution in [2.24, 2.45) is 11.1 Å². The third-order valence-corrected chi connectivity index (χ3v) is 4.52. The second kappa shape index (κ2) is 6.40.